The molecule has 4 atom stereocenters. The van der Waals surface area contributed by atoms with Crippen molar-refractivity contribution in [1.82, 2.24) is 20.2 Å². The lowest BCUT2D eigenvalue weighted by Gasteiger charge is -2.33. The number of hydrogen-bond donors (Lipinski definition) is 1. The van der Waals surface area contributed by atoms with Gasteiger partial charge in [0.05, 0.1) is 18.0 Å². The molecule has 1 N–H and O–H groups in total. The maximum Gasteiger partial charge on any atom is 0.308 e. The number of carbonyl (C=O) groups is 4. The summed E-state index contributed by atoms with van der Waals surface area (Å²) in [6.07, 6.45) is 6.06. The quantitative estimate of drug-likeness (QED) is 0.270. The summed E-state index contributed by atoms with van der Waals surface area (Å²) in [6, 6.07) is -0.535. The third-order valence-electron chi connectivity index (χ3n) is 7.40. The van der Waals surface area contributed by atoms with Crippen molar-refractivity contribution in [2.45, 2.75) is 90.8 Å². The highest BCUT2D eigenvalue weighted by Crippen LogP contribution is 2.34. The number of amides is 2. The van der Waals surface area contributed by atoms with Crippen LogP contribution >= 0.6 is 22.7 Å². The fourth-order valence-electron chi connectivity index (χ4n) is 4.87. The third-order valence-corrected chi connectivity index (χ3v) is 9.14. The molecule has 1 aliphatic carbocycles. The Balaban J connectivity index is 1.73. The number of hydrogen-bond acceptors (Lipinski definition) is 10. The molecule has 12 heteroatoms. The van der Waals surface area contributed by atoms with Crippen molar-refractivity contribution < 1.29 is 28.7 Å². The molecule has 2 amide bonds. The minimum Gasteiger partial charge on any atom is -0.469 e. The van der Waals surface area contributed by atoms with Crippen molar-refractivity contribution >= 4 is 46.4 Å². The number of nitrogens with one attached hydrogen (secondary N) is 1. The van der Waals surface area contributed by atoms with E-state index in [2.05, 4.69) is 15.3 Å². The van der Waals surface area contributed by atoms with E-state index in [1.165, 1.54) is 49.5 Å². The lowest BCUT2D eigenvalue weighted by Crippen LogP contribution is -2.41. The Morgan fingerprint density at radius 2 is 1.88 bits per heavy atom. The lowest BCUT2D eigenvalue weighted by molar-refractivity contribution is -0.148. The number of ether oxygens (including phenoxy) is 2. The summed E-state index contributed by atoms with van der Waals surface area (Å²) in [4.78, 5) is 60.9. The smallest absolute Gasteiger partial charge is 0.308 e. The van der Waals surface area contributed by atoms with E-state index >= 15 is 0 Å². The summed E-state index contributed by atoms with van der Waals surface area (Å²) >= 11 is 2.72. The molecule has 0 saturated heterocycles. The Labute approximate surface area is 250 Å². The van der Waals surface area contributed by atoms with Gasteiger partial charge in [-0.1, -0.05) is 33.6 Å². The fraction of sp³-hybridized carbons (Fsp3) is 0.655. The molecule has 0 aromatic carbocycles. The Morgan fingerprint density at radius 1 is 1.15 bits per heavy atom. The van der Waals surface area contributed by atoms with Gasteiger partial charge in [0, 0.05) is 62.3 Å². The number of carbonyl (C=O) groups excluding carboxylic acids is 4. The SMILES string of the molecule is COC(=O)C(C)CC(Cc1nccs1)NC(=O)c1csc(C(CC(C(C)C)N(C)C(=O)CCC2CC2)OC(C)=O)n1. The second-order valence-corrected chi connectivity index (χ2v) is 13.0. The second kappa shape index (κ2) is 15.4. The first-order valence-corrected chi connectivity index (χ1v) is 15.9. The molecule has 1 saturated carbocycles. The Kier molecular flexibility index (Phi) is 12.3. The number of esters is 2. The van der Waals surface area contributed by atoms with E-state index in [9.17, 15) is 19.2 Å². The highest BCUT2D eigenvalue weighted by Gasteiger charge is 2.32. The summed E-state index contributed by atoms with van der Waals surface area (Å²) in [5.41, 5.74) is 0.201. The summed E-state index contributed by atoms with van der Waals surface area (Å²) < 4.78 is 10.5. The first-order chi connectivity index (χ1) is 19.5. The van der Waals surface area contributed by atoms with E-state index < -0.39 is 18.0 Å². The predicted octanol–water partition coefficient (Wildman–Crippen LogP) is 4.81. The maximum absolute atomic E-state index is 13.3. The molecule has 2 aromatic rings. The maximum atomic E-state index is 13.3. The molecule has 0 radical (unpaired) electrons. The van der Waals surface area contributed by atoms with Crippen LogP contribution in [0.15, 0.2) is 17.0 Å². The van der Waals surface area contributed by atoms with Crippen molar-refractivity contribution in [2.75, 3.05) is 14.2 Å². The van der Waals surface area contributed by atoms with Gasteiger partial charge in [0.15, 0.2) is 6.10 Å². The Hall–Kier alpha value is -2.86. The molecule has 4 unspecified atom stereocenters. The fourth-order valence-corrected chi connectivity index (χ4v) is 6.41. The molecule has 2 heterocycles. The van der Waals surface area contributed by atoms with E-state index in [4.69, 9.17) is 9.47 Å². The van der Waals surface area contributed by atoms with Crippen LogP contribution in [0.3, 0.4) is 0 Å². The lowest BCUT2D eigenvalue weighted by atomic mass is 9.96. The number of nitrogens with zero attached hydrogens (tertiary/aromatic N) is 3. The van der Waals surface area contributed by atoms with Gasteiger partial charge in [-0.2, -0.15) is 0 Å². The molecule has 1 fully saturated rings. The molecule has 226 valence electrons. The van der Waals surface area contributed by atoms with Crippen LogP contribution in [0.4, 0.5) is 0 Å². The van der Waals surface area contributed by atoms with E-state index in [0.29, 0.717) is 36.6 Å². The number of methoxy groups -OCH3 is 1. The normalized spacial score (nSPS) is 16.0. The van der Waals surface area contributed by atoms with Gasteiger partial charge >= 0.3 is 11.9 Å². The van der Waals surface area contributed by atoms with Crippen molar-refractivity contribution in [3.8, 4) is 0 Å². The minimum absolute atomic E-state index is 0.0869. The van der Waals surface area contributed by atoms with E-state index in [0.717, 1.165) is 11.4 Å². The van der Waals surface area contributed by atoms with Gasteiger partial charge in [0.25, 0.3) is 5.91 Å². The zero-order chi connectivity index (χ0) is 30.1. The Morgan fingerprint density at radius 3 is 2.46 bits per heavy atom. The standard InChI is InChI=1S/C29H42N4O6S2/c1-17(2)23(33(5)26(35)10-9-20-7-8-20)15-24(39-19(4)34)28-32-22(16-41-28)27(36)31-21(13-18(3)29(37)38-6)14-25-30-11-12-40-25/h11-12,16-18,20-21,23-24H,7-10,13-15H2,1-6H3,(H,31,36). The monoisotopic (exact) mass is 606 g/mol. The average molecular weight is 607 g/mol. The van der Waals surface area contributed by atoms with Crippen LogP contribution in [0.5, 0.6) is 0 Å². The van der Waals surface area contributed by atoms with Crippen LogP contribution < -0.4 is 5.32 Å². The van der Waals surface area contributed by atoms with Gasteiger partial charge in [-0.15, -0.1) is 22.7 Å². The van der Waals surface area contributed by atoms with Crippen LogP contribution in [0.25, 0.3) is 0 Å². The summed E-state index contributed by atoms with van der Waals surface area (Å²) in [6.45, 7) is 7.18. The van der Waals surface area contributed by atoms with Crippen molar-refractivity contribution in [2.24, 2.45) is 17.8 Å². The van der Waals surface area contributed by atoms with Crippen LogP contribution in [0.2, 0.25) is 0 Å². The first-order valence-electron chi connectivity index (χ1n) is 14.1. The molecular weight excluding hydrogens is 564 g/mol. The molecule has 3 rings (SSSR count). The van der Waals surface area contributed by atoms with Gasteiger partial charge in [-0.3, -0.25) is 19.2 Å². The second-order valence-electron chi connectivity index (χ2n) is 11.2. The molecular formula is C29H42N4O6S2. The van der Waals surface area contributed by atoms with Crippen molar-refractivity contribution in [3.05, 3.63) is 32.7 Å². The zero-order valence-electron chi connectivity index (χ0n) is 24.8. The highest BCUT2D eigenvalue weighted by atomic mass is 32.1. The van der Waals surface area contributed by atoms with Gasteiger partial charge < -0.3 is 19.7 Å². The van der Waals surface area contributed by atoms with E-state index in [1.807, 2.05) is 26.3 Å². The number of thiazole rings is 2. The summed E-state index contributed by atoms with van der Waals surface area (Å²) in [7, 11) is 3.15. The van der Waals surface area contributed by atoms with Gasteiger partial charge in [0.2, 0.25) is 5.91 Å². The van der Waals surface area contributed by atoms with Crippen LogP contribution in [0, 0.1) is 17.8 Å². The molecule has 0 spiro atoms. The largest absolute Gasteiger partial charge is 0.469 e. The molecule has 2 aromatic heterocycles. The first kappa shape index (κ1) is 32.7. The zero-order valence-corrected chi connectivity index (χ0v) is 26.4. The molecule has 0 bridgehead atoms. The molecule has 0 aliphatic heterocycles. The van der Waals surface area contributed by atoms with Gasteiger partial charge in [0.1, 0.15) is 10.7 Å². The van der Waals surface area contributed by atoms with Crippen LogP contribution in [-0.4, -0.2) is 64.9 Å². The van der Waals surface area contributed by atoms with E-state index in [-0.39, 0.29) is 41.5 Å². The molecule has 1 aliphatic rings. The topological polar surface area (TPSA) is 128 Å². The molecule has 41 heavy (non-hydrogen) atoms. The Bertz CT molecular complexity index is 1160. The summed E-state index contributed by atoms with van der Waals surface area (Å²) in [5, 5.41) is 7.84. The van der Waals surface area contributed by atoms with Crippen molar-refractivity contribution in [1.29, 1.82) is 0 Å². The predicted molar refractivity (Wildman–Crippen MR) is 157 cm³/mol. The van der Waals surface area contributed by atoms with Gasteiger partial charge in [-0.05, 0) is 24.7 Å². The van der Waals surface area contributed by atoms with E-state index in [1.54, 1.807) is 23.4 Å². The van der Waals surface area contributed by atoms with Crippen LogP contribution in [-0.2, 0) is 30.3 Å². The number of rotatable bonds is 16. The van der Waals surface area contributed by atoms with Crippen molar-refractivity contribution in [3.63, 3.8) is 0 Å². The third kappa shape index (κ3) is 10.2. The average Bonchev–Trinajstić information content (AvgIpc) is 3.37. The van der Waals surface area contributed by atoms with Crippen LogP contribution in [0.1, 0.15) is 92.8 Å². The highest BCUT2D eigenvalue weighted by molar-refractivity contribution is 7.10. The minimum atomic E-state index is -0.699. The summed E-state index contributed by atoms with van der Waals surface area (Å²) in [5.74, 6) is -0.732. The molecule has 10 nitrogen and oxygen atoms in total. The van der Waals surface area contributed by atoms with Gasteiger partial charge in [-0.25, -0.2) is 9.97 Å². The number of aromatic nitrogens is 2.